The molecule has 0 unspecified atom stereocenters. The zero-order valence-electron chi connectivity index (χ0n) is 8.17. The van der Waals surface area contributed by atoms with E-state index in [1.165, 1.54) is 0 Å². The van der Waals surface area contributed by atoms with Crippen LogP contribution in [0.2, 0.25) is 0 Å². The fraction of sp³-hybridized carbons (Fsp3) is 0.167. The topological polar surface area (TPSA) is 9.23 Å². The molecular formula is C12H11FO. The Morgan fingerprint density at radius 1 is 1.00 bits per heavy atom. The highest BCUT2D eigenvalue weighted by Crippen LogP contribution is 2.31. The molecular weight excluding hydrogens is 179 g/mol. The van der Waals surface area contributed by atoms with Gasteiger partial charge in [-0.25, -0.2) is 0 Å². The lowest BCUT2D eigenvalue weighted by molar-refractivity contribution is -0.00502. The number of rotatable bonds is 1. The van der Waals surface area contributed by atoms with Gasteiger partial charge in [-0.05, 0) is 30.4 Å². The summed E-state index contributed by atoms with van der Waals surface area (Å²) in [6.45, 7) is 3.85. The fourth-order valence-electron chi connectivity index (χ4n) is 1.81. The number of benzene rings is 2. The quantitative estimate of drug-likeness (QED) is 0.665. The van der Waals surface area contributed by atoms with Crippen LogP contribution in [0.15, 0.2) is 30.3 Å². The molecule has 2 aromatic rings. The second-order valence-corrected chi connectivity index (χ2v) is 3.46. The maximum atomic E-state index is 12.3. The van der Waals surface area contributed by atoms with Crippen LogP contribution < -0.4 is 4.94 Å². The summed E-state index contributed by atoms with van der Waals surface area (Å²) in [4.78, 5) is 3.91. The van der Waals surface area contributed by atoms with Crippen molar-refractivity contribution in [1.82, 2.24) is 0 Å². The zero-order valence-corrected chi connectivity index (χ0v) is 8.17. The molecule has 14 heavy (non-hydrogen) atoms. The summed E-state index contributed by atoms with van der Waals surface area (Å²) in [5.74, 6) is 0.325. The molecule has 2 heteroatoms. The van der Waals surface area contributed by atoms with Crippen LogP contribution in [0.25, 0.3) is 10.8 Å². The van der Waals surface area contributed by atoms with Crippen molar-refractivity contribution in [3.63, 3.8) is 0 Å². The Morgan fingerprint density at radius 3 is 2.29 bits per heavy atom. The van der Waals surface area contributed by atoms with Gasteiger partial charge in [-0.15, -0.1) is 0 Å². The Bertz CT molecular complexity index is 477. The van der Waals surface area contributed by atoms with Crippen LogP contribution in [-0.4, -0.2) is 0 Å². The van der Waals surface area contributed by atoms with Crippen molar-refractivity contribution >= 4 is 10.8 Å². The van der Waals surface area contributed by atoms with E-state index in [9.17, 15) is 4.53 Å². The number of hydrogen-bond donors (Lipinski definition) is 0. The third-order valence-corrected chi connectivity index (χ3v) is 2.46. The molecule has 1 nitrogen and oxygen atoms in total. The first-order valence-electron chi connectivity index (χ1n) is 4.51. The second kappa shape index (κ2) is 3.29. The number of aryl methyl sites for hydroxylation is 2. The van der Waals surface area contributed by atoms with Crippen LogP contribution in [0.1, 0.15) is 11.1 Å². The molecule has 0 atom stereocenters. The van der Waals surface area contributed by atoms with E-state index in [1.807, 2.05) is 44.2 Å². The van der Waals surface area contributed by atoms with Gasteiger partial charge >= 0.3 is 0 Å². The molecule has 0 fully saturated rings. The summed E-state index contributed by atoms with van der Waals surface area (Å²) in [6.07, 6.45) is 0. The lowest BCUT2D eigenvalue weighted by Crippen LogP contribution is -1.87. The van der Waals surface area contributed by atoms with Gasteiger partial charge in [0.1, 0.15) is 0 Å². The summed E-state index contributed by atoms with van der Waals surface area (Å²) in [5, 5.41) is 1.86. The van der Waals surface area contributed by atoms with Gasteiger partial charge in [-0.1, -0.05) is 30.3 Å². The summed E-state index contributed by atoms with van der Waals surface area (Å²) >= 11 is 0. The van der Waals surface area contributed by atoms with Crippen LogP contribution in [0.4, 0.5) is 4.53 Å². The van der Waals surface area contributed by atoms with Crippen molar-refractivity contribution < 1.29 is 9.47 Å². The Hall–Kier alpha value is -1.57. The first-order chi connectivity index (χ1) is 6.74. The summed E-state index contributed by atoms with van der Waals surface area (Å²) in [6, 6.07) is 9.57. The SMILES string of the molecule is Cc1cc(C)c2ccccc2c1OF. The fourth-order valence-corrected chi connectivity index (χ4v) is 1.81. The molecule has 2 aromatic carbocycles. The van der Waals surface area contributed by atoms with Gasteiger partial charge in [0.2, 0.25) is 0 Å². The van der Waals surface area contributed by atoms with Crippen LogP contribution >= 0.6 is 0 Å². The Labute approximate surface area is 82.0 Å². The van der Waals surface area contributed by atoms with Gasteiger partial charge in [-0.2, -0.15) is 0 Å². The molecule has 0 spiro atoms. The third-order valence-electron chi connectivity index (χ3n) is 2.46. The van der Waals surface area contributed by atoms with Crippen molar-refractivity contribution in [2.24, 2.45) is 0 Å². The predicted molar refractivity (Wildman–Crippen MR) is 55.2 cm³/mol. The lowest BCUT2D eigenvalue weighted by atomic mass is 10.0. The normalized spacial score (nSPS) is 10.5. The van der Waals surface area contributed by atoms with Gasteiger partial charge in [0.15, 0.2) is 5.75 Å². The molecule has 2 rings (SSSR count). The molecule has 0 heterocycles. The third kappa shape index (κ3) is 1.23. The van der Waals surface area contributed by atoms with E-state index in [0.29, 0.717) is 5.75 Å². The molecule has 0 aliphatic rings. The smallest absolute Gasteiger partial charge is 0.182 e. The highest BCUT2D eigenvalue weighted by molar-refractivity contribution is 5.92. The molecule has 0 saturated heterocycles. The number of halogens is 1. The highest BCUT2D eigenvalue weighted by atomic mass is 19.3. The molecule has 0 saturated carbocycles. The van der Waals surface area contributed by atoms with E-state index >= 15 is 0 Å². The minimum atomic E-state index is 0.325. The molecule has 0 aliphatic carbocycles. The van der Waals surface area contributed by atoms with E-state index in [1.54, 1.807) is 0 Å². The standard InChI is InChI=1S/C12H11FO/c1-8-7-9(2)12(14-13)11-6-4-3-5-10(8)11/h3-7H,1-2H3. The monoisotopic (exact) mass is 190 g/mol. The minimum Gasteiger partial charge on any atom is -0.293 e. The maximum absolute atomic E-state index is 12.3. The van der Waals surface area contributed by atoms with Gasteiger partial charge in [0.25, 0.3) is 0 Å². The molecule has 0 bridgehead atoms. The van der Waals surface area contributed by atoms with Crippen LogP contribution in [0, 0.1) is 13.8 Å². The van der Waals surface area contributed by atoms with Crippen molar-refractivity contribution in [1.29, 1.82) is 0 Å². The van der Waals surface area contributed by atoms with E-state index in [-0.39, 0.29) is 0 Å². The predicted octanol–water partition coefficient (Wildman–Crippen LogP) is 3.72. The van der Waals surface area contributed by atoms with Crippen molar-refractivity contribution in [2.45, 2.75) is 13.8 Å². The molecule has 72 valence electrons. The van der Waals surface area contributed by atoms with E-state index in [2.05, 4.69) is 4.94 Å². The average molecular weight is 190 g/mol. The van der Waals surface area contributed by atoms with Crippen molar-refractivity contribution in [3.05, 3.63) is 41.5 Å². The molecule has 0 radical (unpaired) electrons. The summed E-state index contributed by atoms with van der Waals surface area (Å²) in [5.41, 5.74) is 1.96. The largest absolute Gasteiger partial charge is 0.293 e. The van der Waals surface area contributed by atoms with E-state index in [0.717, 1.165) is 21.9 Å². The first-order valence-corrected chi connectivity index (χ1v) is 4.51. The van der Waals surface area contributed by atoms with Crippen molar-refractivity contribution in [3.8, 4) is 5.75 Å². The first kappa shape index (κ1) is 9.00. The second-order valence-electron chi connectivity index (χ2n) is 3.46. The van der Waals surface area contributed by atoms with Gasteiger partial charge in [0, 0.05) is 9.91 Å². The van der Waals surface area contributed by atoms with Gasteiger partial charge < -0.3 is 0 Å². The number of fused-ring (bicyclic) bond motifs is 1. The summed E-state index contributed by atoms with van der Waals surface area (Å²) < 4.78 is 12.3. The van der Waals surface area contributed by atoms with Crippen molar-refractivity contribution in [2.75, 3.05) is 0 Å². The Balaban J connectivity index is 2.90. The van der Waals surface area contributed by atoms with Crippen LogP contribution in [0.3, 0.4) is 0 Å². The Morgan fingerprint density at radius 2 is 1.64 bits per heavy atom. The Kier molecular flexibility index (Phi) is 2.12. The average Bonchev–Trinajstić information content (AvgIpc) is 2.18. The van der Waals surface area contributed by atoms with Gasteiger partial charge in [0.05, 0.1) is 0 Å². The van der Waals surface area contributed by atoms with Crippen LogP contribution in [0.5, 0.6) is 5.75 Å². The van der Waals surface area contributed by atoms with E-state index < -0.39 is 0 Å². The molecule has 0 amide bonds. The van der Waals surface area contributed by atoms with Gasteiger partial charge in [-0.3, -0.25) is 4.94 Å². The minimum absolute atomic E-state index is 0.325. The van der Waals surface area contributed by atoms with E-state index in [4.69, 9.17) is 0 Å². The molecule has 0 aliphatic heterocycles. The zero-order chi connectivity index (χ0) is 10.1. The summed E-state index contributed by atoms with van der Waals surface area (Å²) in [7, 11) is 0. The molecule has 0 N–H and O–H groups in total. The highest BCUT2D eigenvalue weighted by Gasteiger charge is 2.08. The lowest BCUT2D eigenvalue weighted by Gasteiger charge is -2.07. The van der Waals surface area contributed by atoms with Crippen LogP contribution in [-0.2, 0) is 0 Å². The number of hydrogen-bond acceptors (Lipinski definition) is 1. The molecule has 0 aromatic heterocycles. The maximum Gasteiger partial charge on any atom is 0.182 e.